The molecule has 0 radical (unpaired) electrons. The van der Waals surface area contributed by atoms with Crippen LogP contribution in [-0.4, -0.2) is 62.6 Å². The lowest BCUT2D eigenvalue weighted by atomic mass is 10.1. The molecule has 6 heteroatoms. The van der Waals surface area contributed by atoms with Gasteiger partial charge in [-0.15, -0.1) is 0 Å². The van der Waals surface area contributed by atoms with Gasteiger partial charge in [0.15, 0.2) is 0 Å². The maximum absolute atomic E-state index is 12.7. The van der Waals surface area contributed by atoms with Crippen LogP contribution >= 0.6 is 0 Å². The molecule has 0 saturated carbocycles. The van der Waals surface area contributed by atoms with Crippen LogP contribution in [0.15, 0.2) is 48.5 Å². The number of methoxy groups -OCH3 is 1. The summed E-state index contributed by atoms with van der Waals surface area (Å²) >= 11 is 0. The second kappa shape index (κ2) is 9.90. The number of hydrogen-bond donors (Lipinski definition) is 1. The molecule has 2 aromatic rings. The molecule has 0 heterocycles. The number of benzene rings is 2. The number of anilines is 1. The fourth-order valence-corrected chi connectivity index (χ4v) is 2.99. The third-order valence-corrected chi connectivity index (χ3v) is 4.66. The van der Waals surface area contributed by atoms with Gasteiger partial charge in [0.1, 0.15) is 0 Å². The smallest absolute Gasteiger partial charge is 0.321 e. The van der Waals surface area contributed by atoms with Gasteiger partial charge >= 0.3 is 6.03 Å². The molecule has 150 valence electrons. The number of amides is 3. The Hall–Kier alpha value is -2.86. The van der Waals surface area contributed by atoms with Gasteiger partial charge in [0.25, 0.3) is 5.91 Å². The first-order valence-corrected chi connectivity index (χ1v) is 9.22. The maximum atomic E-state index is 12.7. The third kappa shape index (κ3) is 5.57. The van der Waals surface area contributed by atoms with E-state index in [1.165, 1.54) is 4.90 Å². The van der Waals surface area contributed by atoms with Crippen molar-refractivity contribution in [3.8, 4) is 0 Å². The van der Waals surface area contributed by atoms with Gasteiger partial charge in [-0.25, -0.2) is 4.79 Å². The molecular weight excluding hydrogens is 354 g/mol. The average molecular weight is 383 g/mol. The van der Waals surface area contributed by atoms with Crippen molar-refractivity contribution in [2.75, 3.05) is 40.2 Å². The first kappa shape index (κ1) is 21.4. The SMILES string of the molecule is COCC(Cc1ccccc1)N(C)C(=O)Nc1ccc(C(=O)N(C)C)c(C)c1. The molecular formula is C22H29N3O3. The van der Waals surface area contributed by atoms with Crippen LogP contribution in [0.5, 0.6) is 0 Å². The number of aryl methyl sites for hydroxylation is 1. The zero-order valence-electron chi connectivity index (χ0n) is 17.2. The summed E-state index contributed by atoms with van der Waals surface area (Å²) in [6.07, 6.45) is 0.702. The van der Waals surface area contributed by atoms with Crippen molar-refractivity contribution in [3.63, 3.8) is 0 Å². The van der Waals surface area contributed by atoms with E-state index in [1.54, 1.807) is 45.3 Å². The summed E-state index contributed by atoms with van der Waals surface area (Å²) in [4.78, 5) is 28.1. The summed E-state index contributed by atoms with van der Waals surface area (Å²) < 4.78 is 5.32. The Bertz CT molecular complexity index is 806. The van der Waals surface area contributed by atoms with E-state index >= 15 is 0 Å². The highest BCUT2D eigenvalue weighted by Crippen LogP contribution is 2.18. The Morgan fingerprint density at radius 1 is 1.07 bits per heavy atom. The summed E-state index contributed by atoms with van der Waals surface area (Å²) in [5.41, 5.74) is 3.24. The third-order valence-electron chi connectivity index (χ3n) is 4.66. The van der Waals surface area contributed by atoms with Crippen molar-refractivity contribution < 1.29 is 14.3 Å². The molecule has 0 fully saturated rings. The van der Waals surface area contributed by atoms with E-state index in [9.17, 15) is 9.59 Å². The molecule has 0 saturated heterocycles. The van der Waals surface area contributed by atoms with Gasteiger partial charge in [-0.2, -0.15) is 0 Å². The first-order chi connectivity index (χ1) is 13.3. The molecule has 6 nitrogen and oxygen atoms in total. The molecule has 0 spiro atoms. The number of carbonyl (C=O) groups excluding carboxylic acids is 2. The second-order valence-electron chi connectivity index (χ2n) is 7.07. The Morgan fingerprint density at radius 3 is 2.32 bits per heavy atom. The first-order valence-electron chi connectivity index (χ1n) is 9.22. The van der Waals surface area contributed by atoms with Crippen LogP contribution in [0.4, 0.5) is 10.5 Å². The van der Waals surface area contributed by atoms with Crippen molar-refractivity contribution in [1.29, 1.82) is 0 Å². The highest BCUT2D eigenvalue weighted by molar-refractivity contribution is 5.96. The fraction of sp³-hybridized carbons (Fsp3) is 0.364. The van der Waals surface area contributed by atoms with Crippen LogP contribution in [0.25, 0.3) is 0 Å². The zero-order chi connectivity index (χ0) is 20.7. The lowest BCUT2D eigenvalue weighted by Gasteiger charge is -2.28. The molecule has 2 aromatic carbocycles. The number of carbonyl (C=O) groups is 2. The number of nitrogens with zero attached hydrogens (tertiary/aromatic N) is 2. The van der Waals surface area contributed by atoms with Crippen LogP contribution < -0.4 is 5.32 Å². The maximum Gasteiger partial charge on any atom is 0.321 e. The predicted octanol–water partition coefficient (Wildman–Crippen LogP) is 3.42. The standard InChI is InChI=1S/C22H29N3O3/c1-16-13-18(11-12-20(16)21(26)24(2)3)23-22(27)25(4)19(15-28-5)14-17-9-7-6-8-10-17/h6-13,19H,14-15H2,1-5H3,(H,23,27). The summed E-state index contributed by atoms with van der Waals surface area (Å²) in [5, 5.41) is 2.91. The van der Waals surface area contributed by atoms with Crippen molar-refractivity contribution in [3.05, 3.63) is 65.2 Å². The summed E-state index contributed by atoms with van der Waals surface area (Å²) in [7, 11) is 6.83. The zero-order valence-corrected chi connectivity index (χ0v) is 17.2. The minimum atomic E-state index is -0.218. The normalized spacial score (nSPS) is 11.6. The highest BCUT2D eigenvalue weighted by atomic mass is 16.5. The second-order valence-corrected chi connectivity index (χ2v) is 7.07. The molecule has 0 bridgehead atoms. The molecule has 1 atom stereocenters. The molecule has 1 N–H and O–H groups in total. The van der Waals surface area contributed by atoms with E-state index in [-0.39, 0.29) is 18.0 Å². The lowest BCUT2D eigenvalue weighted by Crippen LogP contribution is -2.43. The van der Waals surface area contributed by atoms with Crippen LogP contribution in [-0.2, 0) is 11.2 Å². The van der Waals surface area contributed by atoms with Gasteiger partial charge < -0.3 is 19.9 Å². The molecule has 28 heavy (non-hydrogen) atoms. The topological polar surface area (TPSA) is 61.9 Å². The highest BCUT2D eigenvalue weighted by Gasteiger charge is 2.21. The molecule has 2 rings (SSSR count). The molecule has 1 unspecified atom stereocenters. The molecule has 0 aliphatic rings. The van der Waals surface area contributed by atoms with E-state index in [0.717, 1.165) is 11.1 Å². The van der Waals surface area contributed by atoms with Crippen molar-refractivity contribution in [2.45, 2.75) is 19.4 Å². The summed E-state index contributed by atoms with van der Waals surface area (Å²) in [5.74, 6) is -0.0597. The number of urea groups is 1. The summed E-state index contributed by atoms with van der Waals surface area (Å²) in [6, 6.07) is 15.0. The number of rotatable bonds is 7. The Kier molecular flexibility index (Phi) is 7.58. The van der Waals surface area contributed by atoms with Crippen molar-refractivity contribution >= 4 is 17.6 Å². The predicted molar refractivity (Wildman–Crippen MR) is 112 cm³/mol. The van der Waals surface area contributed by atoms with E-state index in [4.69, 9.17) is 4.74 Å². The minimum Gasteiger partial charge on any atom is -0.383 e. The van der Waals surface area contributed by atoms with Crippen LogP contribution in [0.1, 0.15) is 21.5 Å². The molecule has 0 aliphatic carbocycles. The Labute approximate surface area is 167 Å². The monoisotopic (exact) mass is 383 g/mol. The van der Waals surface area contributed by atoms with E-state index in [0.29, 0.717) is 24.3 Å². The molecule has 0 aliphatic heterocycles. The van der Waals surface area contributed by atoms with Gasteiger partial charge in [0.05, 0.1) is 12.6 Å². The largest absolute Gasteiger partial charge is 0.383 e. The van der Waals surface area contributed by atoms with Crippen LogP contribution in [0.3, 0.4) is 0 Å². The van der Waals surface area contributed by atoms with Gasteiger partial charge in [0, 0.05) is 39.5 Å². The van der Waals surface area contributed by atoms with Gasteiger partial charge in [-0.1, -0.05) is 30.3 Å². The molecule has 3 amide bonds. The van der Waals surface area contributed by atoms with Crippen molar-refractivity contribution in [1.82, 2.24) is 9.80 Å². The average Bonchev–Trinajstić information content (AvgIpc) is 2.67. The number of likely N-dealkylation sites (N-methyl/N-ethyl adjacent to an activating group) is 1. The van der Waals surface area contributed by atoms with Gasteiger partial charge in [-0.05, 0) is 42.7 Å². The van der Waals surface area contributed by atoms with E-state index in [2.05, 4.69) is 5.32 Å². The minimum absolute atomic E-state index is 0.0597. The summed E-state index contributed by atoms with van der Waals surface area (Å²) in [6.45, 7) is 2.30. The lowest BCUT2D eigenvalue weighted by molar-refractivity contribution is 0.0827. The number of nitrogens with one attached hydrogen (secondary N) is 1. The number of ether oxygens (including phenoxy) is 1. The number of hydrogen-bond acceptors (Lipinski definition) is 3. The fourth-order valence-electron chi connectivity index (χ4n) is 2.99. The molecule has 0 aromatic heterocycles. The van der Waals surface area contributed by atoms with Crippen LogP contribution in [0.2, 0.25) is 0 Å². The van der Waals surface area contributed by atoms with E-state index in [1.807, 2.05) is 43.3 Å². The van der Waals surface area contributed by atoms with Gasteiger partial charge in [0.2, 0.25) is 0 Å². The Balaban J connectivity index is 2.09. The van der Waals surface area contributed by atoms with Gasteiger partial charge in [-0.3, -0.25) is 4.79 Å². The van der Waals surface area contributed by atoms with Crippen molar-refractivity contribution in [2.24, 2.45) is 0 Å². The van der Waals surface area contributed by atoms with Crippen LogP contribution in [0, 0.1) is 6.92 Å². The quantitative estimate of drug-likeness (QED) is 0.797. The van der Waals surface area contributed by atoms with E-state index < -0.39 is 0 Å². The Morgan fingerprint density at radius 2 is 1.75 bits per heavy atom.